The van der Waals surface area contributed by atoms with E-state index in [0.717, 1.165) is 6.92 Å². The lowest BCUT2D eigenvalue weighted by Gasteiger charge is -2.10. The molecule has 2 heterocycles. The Morgan fingerprint density at radius 3 is 2.88 bits per heavy atom. The molecule has 0 aliphatic rings. The van der Waals surface area contributed by atoms with Gasteiger partial charge in [-0.05, 0) is 6.07 Å². The van der Waals surface area contributed by atoms with Crippen molar-refractivity contribution in [3.05, 3.63) is 24.2 Å². The second-order valence-electron chi connectivity index (χ2n) is 3.66. The Kier molecular flexibility index (Phi) is 2.41. The number of aromatic nitrogens is 3. The number of pyridine rings is 1. The lowest BCUT2D eigenvalue weighted by atomic mass is 10.3. The van der Waals surface area contributed by atoms with Gasteiger partial charge in [-0.1, -0.05) is 0 Å². The standard InChI is InChI=1S/C10H9F2N3O/c1-10(11,12)6-15-9-4-13-8(5-16)2-7(9)3-14-15/h2-5H,6H2,1H3. The number of halogens is 2. The maximum Gasteiger partial charge on any atom is 0.264 e. The lowest BCUT2D eigenvalue weighted by Crippen LogP contribution is -2.19. The zero-order valence-corrected chi connectivity index (χ0v) is 8.52. The predicted molar refractivity (Wildman–Crippen MR) is 53.5 cm³/mol. The van der Waals surface area contributed by atoms with Gasteiger partial charge in [0.15, 0.2) is 6.29 Å². The van der Waals surface area contributed by atoms with Crippen molar-refractivity contribution < 1.29 is 13.6 Å². The summed E-state index contributed by atoms with van der Waals surface area (Å²) in [6.45, 7) is 0.326. The summed E-state index contributed by atoms with van der Waals surface area (Å²) in [4.78, 5) is 14.3. The van der Waals surface area contributed by atoms with Gasteiger partial charge in [-0.3, -0.25) is 14.5 Å². The number of hydrogen-bond donors (Lipinski definition) is 0. The largest absolute Gasteiger partial charge is 0.296 e. The van der Waals surface area contributed by atoms with E-state index < -0.39 is 12.5 Å². The SMILES string of the molecule is CC(F)(F)Cn1ncc2cc(C=O)ncc21. The number of aldehydes is 1. The van der Waals surface area contributed by atoms with Crippen molar-refractivity contribution in [2.24, 2.45) is 0 Å². The van der Waals surface area contributed by atoms with Gasteiger partial charge < -0.3 is 0 Å². The third-order valence-electron chi connectivity index (χ3n) is 2.10. The number of hydrogen-bond acceptors (Lipinski definition) is 3. The van der Waals surface area contributed by atoms with E-state index in [1.54, 1.807) is 0 Å². The Morgan fingerprint density at radius 1 is 1.50 bits per heavy atom. The molecule has 0 saturated heterocycles. The number of carbonyl (C=O) groups excluding carboxylic acids is 1. The van der Waals surface area contributed by atoms with Crippen molar-refractivity contribution in [1.29, 1.82) is 0 Å². The van der Waals surface area contributed by atoms with E-state index in [1.807, 2.05) is 0 Å². The second kappa shape index (κ2) is 3.62. The van der Waals surface area contributed by atoms with Crippen LogP contribution in [-0.4, -0.2) is 27.0 Å². The molecule has 0 atom stereocenters. The van der Waals surface area contributed by atoms with E-state index in [9.17, 15) is 13.6 Å². The molecule has 2 aromatic heterocycles. The zero-order valence-electron chi connectivity index (χ0n) is 8.52. The van der Waals surface area contributed by atoms with Gasteiger partial charge in [0.2, 0.25) is 0 Å². The van der Waals surface area contributed by atoms with Crippen molar-refractivity contribution in [3.63, 3.8) is 0 Å². The first-order chi connectivity index (χ1) is 7.49. The van der Waals surface area contributed by atoms with Gasteiger partial charge >= 0.3 is 0 Å². The highest BCUT2D eigenvalue weighted by molar-refractivity contribution is 5.84. The number of fused-ring (bicyclic) bond motifs is 1. The molecule has 0 bridgehead atoms. The fraction of sp³-hybridized carbons (Fsp3) is 0.300. The van der Waals surface area contributed by atoms with E-state index in [4.69, 9.17) is 0 Å². The summed E-state index contributed by atoms with van der Waals surface area (Å²) in [5.74, 6) is -2.83. The smallest absolute Gasteiger partial charge is 0.264 e. The predicted octanol–water partition coefficient (Wildman–Crippen LogP) is 1.90. The van der Waals surface area contributed by atoms with E-state index in [-0.39, 0.29) is 5.69 Å². The molecular formula is C10H9F2N3O. The van der Waals surface area contributed by atoms with Crippen LogP contribution in [0.2, 0.25) is 0 Å². The normalized spacial score (nSPS) is 11.9. The van der Waals surface area contributed by atoms with Crippen LogP contribution in [0.3, 0.4) is 0 Å². The highest BCUT2D eigenvalue weighted by atomic mass is 19.3. The fourth-order valence-electron chi connectivity index (χ4n) is 1.45. The molecule has 6 heteroatoms. The van der Waals surface area contributed by atoms with Crippen LogP contribution in [0, 0.1) is 0 Å². The summed E-state index contributed by atoms with van der Waals surface area (Å²) >= 11 is 0. The first-order valence-electron chi connectivity index (χ1n) is 4.64. The lowest BCUT2D eigenvalue weighted by molar-refractivity contribution is 0.00180. The molecular weight excluding hydrogens is 216 g/mol. The van der Waals surface area contributed by atoms with Gasteiger partial charge in [0.1, 0.15) is 12.2 Å². The average Bonchev–Trinajstić information content (AvgIpc) is 2.58. The van der Waals surface area contributed by atoms with E-state index in [1.165, 1.54) is 23.1 Å². The average molecular weight is 225 g/mol. The summed E-state index contributed by atoms with van der Waals surface area (Å²) in [5, 5.41) is 4.46. The van der Waals surface area contributed by atoms with Crippen molar-refractivity contribution in [1.82, 2.24) is 14.8 Å². The topological polar surface area (TPSA) is 47.8 Å². The molecule has 16 heavy (non-hydrogen) atoms. The quantitative estimate of drug-likeness (QED) is 0.749. The van der Waals surface area contributed by atoms with Crippen LogP contribution < -0.4 is 0 Å². The van der Waals surface area contributed by atoms with Crippen molar-refractivity contribution in [3.8, 4) is 0 Å². The zero-order chi connectivity index (χ0) is 11.8. The molecule has 0 N–H and O–H groups in total. The van der Waals surface area contributed by atoms with Crippen LogP contribution >= 0.6 is 0 Å². The number of nitrogens with zero attached hydrogens (tertiary/aromatic N) is 3. The molecule has 0 aliphatic carbocycles. The molecule has 0 spiro atoms. The Hall–Kier alpha value is -1.85. The third kappa shape index (κ3) is 2.05. The summed E-state index contributed by atoms with van der Waals surface area (Å²) in [6, 6.07) is 1.51. The van der Waals surface area contributed by atoms with Crippen LogP contribution in [0.15, 0.2) is 18.5 Å². The highest BCUT2D eigenvalue weighted by Crippen LogP contribution is 2.19. The summed E-state index contributed by atoms with van der Waals surface area (Å²) in [7, 11) is 0. The first kappa shape index (κ1) is 10.7. The minimum absolute atomic E-state index is 0.260. The molecule has 0 aromatic carbocycles. The second-order valence-corrected chi connectivity index (χ2v) is 3.66. The molecule has 84 valence electrons. The van der Waals surface area contributed by atoms with Crippen molar-refractivity contribution in [2.75, 3.05) is 0 Å². The Bertz CT molecular complexity index is 530. The summed E-state index contributed by atoms with van der Waals surface area (Å²) in [5.41, 5.74) is 0.752. The van der Waals surface area contributed by atoms with Crippen LogP contribution in [0.5, 0.6) is 0 Å². The summed E-state index contributed by atoms with van der Waals surface area (Å²) in [6.07, 6.45) is 3.42. The Balaban J connectivity index is 2.45. The molecule has 0 aliphatic heterocycles. The molecule has 2 rings (SSSR count). The number of carbonyl (C=O) groups is 1. The van der Waals surface area contributed by atoms with Gasteiger partial charge in [-0.2, -0.15) is 5.10 Å². The van der Waals surface area contributed by atoms with E-state index >= 15 is 0 Å². The van der Waals surface area contributed by atoms with Crippen molar-refractivity contribution >= 4 is 17.2 Å². The van der Waals surface area contributed by atoms with Gasteiger partial charge in [-0.25, -0.2) is 8.78 Å². The minimum atomic E-state index is -2.83. The molecule has 0 unspecified atom stereocenters. The molecule has 4 nitrogen and oxygen atoms in total. The number of alkyl halides is 2. The third-order valence-corrected chi connectivity index (χ3v) is 2.10. The summed E-state index contributed by atoms with van der Waals surface area (Å²) < 4.78 is 26.8. The molecule has 2 aromatic rings. The van der Waals surface area contributed by atoms with Gasteiger partial charge in [0.05, 0.1) is 17.9 Å². The van der Waals surface area contributed by atoms with E-state index in [2.05, 4.69) is 10.1 Å². The monoisotopic (exact) mass is 225 g/mol. The van der Waals surface area contributed by atoms with Gasteiger partial charge in [0, 0.05) is 12.3 Å². The van der Waals surface area contributed by atoms with Crippen LogP contribution in [0.25, 0.3) is 10.9 Å². The van der Waals surface area contributed by atoms with Gasteiger partial charge in [0.25, 0.3) is 5.92 Å². The number of rotatable bonds is 3. The highest BCUT2D eigenvalue weighted by Gasteiger charge is 2.23. The van der Waals surface area contributed by atoms with Crippen LogP contribution in [-0.2, 0) is 6.54 Å². The van der Waals surface area contributed by atoms with Gasteiger partial charge in [-0.15, -0.1) is 0 Å². The minimum Gasteiger partial charge on any atom is -0.296 e. The maximum absolute atomic E-state index is 12.8. The maximum atomic E-state index is 12.8. The molecule has 0 saturated carbocycles. The fourth-order valence-corrected chi connectivity index (χ4v) is 1.45. The molecule has 0 radical (unpaired) electrons. The van der Waals surface area contributed by atoms with Crippen LogP contribution in [0.4, 0.5) is 8.78 Å². The van der Waals surface area contributed by atoms with E-state index in [0.29, 0.717) is 17.2 Å². The van der Waals surface area contributed by atoms with Crippen LogP contribution in [0.1, 0.15) is 17.4 Å². The first-order valence-corrected chi connectivity index (χ1v) is 4.64. The Morgan fingerprint density at radius 2 is 2.25 bits per heavy atom. The Labute approximate surface area is 89.9 Å². The molecule has 0 fully saturated rings. The molecule has 0 amide bonds. The van der Waals surface area contributed by atoms with Crippen molar-refractivity contribution in [2.45, 2.75) is 19.4 Å².